The lowest BCUT2D eigenvalue weighted by Crippen LogP contribution is -2.43. The van der Waals surface area contributed by atoms with Crippen LogP contribution in [-0.2, 0) is 13.5 Å². The molecule has 4 heteroatoms. The van der Waals surface area contributed by atoms with E-state index in [1.165, 1.54) is 31.5 Å². The van der Waals surface area contributed by atoms with Crippen molar-refractivity contribution < 1.29 is 0 Å². The van der Waals surface area contributed by atoms with Crippen molar-refractivity contribution in [3.05, 3.63) is 18.0 Å². The molecule has 1 aliphatic rings. The lowest BCUT2D eigenvalue weighted by Gasteiger charge is -2.32. The van der Waals surface area contributed by atoms with E-state index >= 15 is 0 Å². The summed E-state index contributed by atoms with van der Waals surface area (Å²) in [6, 6.07) is 2.82. The number of aromatic nitrogens is 2. The highest BCUT2D eigenvalue weighted by atomic mass is 15.3. The van der Waals surface area contributed by atoms with Crippen molar-refractivity contribution in [3.63, 3.8) is 0 Å². The van der Waals surface area contributed by atoms with Crippen LogP contribution < -0.4 is 5.32 Å². The molecule has 96 valence electrons. The third kappa shape index (κ3) is 3.54. The van der Waals surface area contributed by atoms with Crippen molar-refractivity contribution in [3.8, 4) is 0 Å². The number of likely N-dealkylation sites (N-methyl/N-ethyl adjacent to an activating group) is 1. The number of likely N-dealkylation sites (tertiary alicyclic amines) is 1. The molecule has 1 atom stereocenters. The molecule has 17 heavy (non-hydrogen) atoms. The average Bonchev–Trinajstić information content (AvgIpc) is 2.73. The molecular formula is C13H24N4. The first-order valence-corrected chi connectivity index (χ1v) is 6.65. The Morgan fingerprint density at radius 3 is 3.00 bits per heavy atom. The minimum atomic E-state index is 0.732. The van der Waals surface area contributed by atoms with E-state index in [0.29, 0.717) is 0 Å². The zero-order valence-corrected chi connectivity index (χ0v) is 11.0. The summed E-state index contributed by atoms with van der Waals surface area (Å²) >= 11 is 0. The first kappa shape index (κ1) is 12.6. The molecule has 0 amide bonds. The van der Waals surface area contributed by atoms with E-state index in [2.05, 4.69) is 28.4 Å². The highest BCUT2D eigenvalue weighted by molar-refractivity contribution is 5.00. The summed E-state index contributed by atoms with van der Waals surface area (Å²) in [6.07, 6.45) is 7.02. The van der Waals surface area contributed by atoms with Gasteiger partial charge in [0.2, 0.25) is 0 Å². The molecule has 0 bridgehead atoms. The molecule has 1 aromatic rings. The Balaban J connectivity index is 1.64. The monoisotopic (exact) mass is 236 g/mol. The molecule has 1 saturated heterocycles. The highest BCUT2D eigenvalue weighted by Gasteiger charge is 2.17. The first-order valence-electron chi connectivity index (χ1n) is 6.65. The molecule has 0 aliphatic carbocycles. The van der Waals surface area contributed by atoms with Crippen molar-refractivity contribution in [1.82, 2.24) is 20.0 Å². The number of hydrogen-bond acceptors (Lipinski definition) is 3. The van der Waals surface area contributed by atoms with Crippen LogP contribution in [0.25, 0.3) is 0 Å². The first-order chi connectivity index (χ1) is 8.27. The van der Waals surface area contributed by atoms with E-state index in [9.17, 15) is 0 Å². The van der Waals surface area contributed by atoms with Gasteiger partial charge in [-0.25, -0.2) is 0 Å². The Labute approximate surface area is 104 Å². The Bertz CT molecular complexity index is 334. The van der Waals surface area contributed by atoms with E-state index in [-0.39, 0.29) is 0 Å². The molecule has 0 radical (unpaired) electrons. The summed E-state index contributed by atoms with van der Waals surface area (Å²) in [5.74, 6) is 0. The molecule has 0 saturated carbocycles. The molecule has 0 spiro atoms. The molecule has 1 N–H and O–H groups in total. The second-order valence-electron chi connectivity index (χ2n) is 5.03. The Morgan fingerprint density at radius 1 is 1.41 bits per heavy atom. The summed E-state index contributed by atoms with van der Waals surface area (Å²) < 4.78 is 1.95. The van der Waals surface area contributed by atoms with Crippen molar-refractivity contribution >= 4 is 0 Å². The maximum atomic E-state index is 4.18. The Kier molecular flexibility index (Phi) is 4.57. The predicted octanol–water partition coefficient (Wildman–Crippen LogP) is 1.04. The van der Waals surface area contributed by atoms with Crippen LogP contribution in [0.3, 0.4) is 0 Å². The fourth-order valence-electron chi connectivity index (χ4n) is 2.53. The maximum absolute atomic E-state index is 4.18. The van der Waals surface area contributed by atoms with E-state index < -0.39 is 0 Å². The van der Waals surface area contributed by atoms with Crippen LogP contribution in [0.15, 0.2) is 12.3 Å². The summed E-state index contributed by atoms with van der Waals surface area (Å²) in [6.45, 7) is 3.42. The van der Waals surface area contributed by atoms with Gasteiger partial charge in [0.1, 0.15) is 0 Å². The topological polar surface area (TPSA) is 33.1 Å². The fourth-order valence-corrected chi connectivity index (χ4v) is 2.53. The second-order valence-corrected chi connectivity index (χ2v) is 5.03. The smallest absolute Gasteiger partial charge is 0.0492 e. The normalized spacial score (nSPS) is 21.9. The van der Waals surface area contributed by atoms with Crippen molar-refractivity contribution in [2.24, 2.45) is 7.05 Å². The van der Waals surface area contributed by atoms with Gasteiger partial charge in [-0.2, -0.15) is 5.10 Å². The van der Waals surface area contributed by atoms with Crippen molar-refractivity contribution in [1.29, 1.82) is 0 Å². The second kappa shape index (κ2) is 6.17. The van der Waals surface area contributed by atoms with Crippen LogP contribution in [-0.4, -0.2) is 47.4 Å². The molecule has 1 aromatic heterocycles. The number of nitrogens with one attached hydrogen (secondary N) is 1. The zero-order valence-electron chi connectivity index (χ0n) is 11.0. The molecule has 1 unspecified atom stereocenters. The molecule has 2 rings (SSSR count). The van der Waals surface area contributed by atoms with Crippen LogP contribution in [0.4, 0.5) is 0 Å². The van der Waals surface area contributed by atoms with Crippen LogP contribution in [0, 0.1) is 0 Å². The van der Waals surface area contributed by atoms with Gasteiger partial charge >= 0.3 is 0 Å². The van der Waals surface area contributed by atoms with Gasteiger partial charge in [0.05, 0.1) is 0 Å². The van der Waals surface area contributed by atoms with Gasteiger partial charge < -0.3 is 10.2 Å². The van der Waals surface area contributed by atoms with Gasteiger partial charge in [0.15, 0.2) is 0 Å². The lowest BCUT2D eigenvalue weighted by atomic mass is 10.0. The Hall–Kier alpha value is -0.870. The van der Waals surface area contributed by atoms with Crippen molar-refractivity contribution in [2.45, 2.75) is 31.7 Å². The SMILES string of the molecule is CN1CCCCC1CNCCc1ccnn1C. The van der Waals surface area contributed by atoms with E-state index in [1.54, 1.807) is 0 Å². The predicted molar refractivity (Wildman–Crippen MR) is 70.1 cm³/mol. The number of piperidine rings is 1. The van der Waals surface area contributed by atoms with Crippen LogP contribution >= 0.6 is 0 Å². The minimum Gasteiger partial charge on any atom is -0.315 e. The summed E-state index contributed by atoms with van der Waals surface area (Å²) in [5.41, 5.74) is 1.30. The van der Waals surface area contributed by atoms with E-state index in [1.807, 2.05) is 17.9 Å². The highest BCUT2D eigenvalue weighted by Crippen LogP contribution is 2.13. The quantitative estimate of drug-likeness (QED) is 0.775. The van der Waals surface area contributed by atoms with Gasteiger partial charge in [-0.3, -0.25) is 4.68 Å². The fraction of sp³-hybridized carbons (Fsp3) is 0.769. The number of aryl methyl sites for hydroxylation is 1. The number of hydrogen-bond donors (Lipinski definition) is 1. The molecule has 4 nitrogen and oxygen atoms in total. The summed E-state index contributed by atoms with van der Waals surface area (Å²) in [4.78, 5) is 2.49. The largest absolute Gasteiger partial charge is 0.315 e. The van der Waals surface area contributed by atoms with Gasteiger partial charge in [0.25, 0.3) is 0 Å². The van der Waals surface area contributed by atoms with E-state index in [0.717, 1.165) is 25.6 Å². The lowest BCUT2D eigenvalue weighted by molar-refractivity contribution is 0.182. The van der Waals surface area contributed by atoms with Gasteiger partial charge in [0, 0.05) is 44.5 Å². The summed E-state index contributed by atoms with van der Waals surface area (Å²) in [5, 5.41) is 7.75. The van der Waals surface area contributed by atoms with Gasteiger partial charge in [-0.15, -0.1) is 0 Å². The average molecular weight is 236 g/mol. The standard InChI is InChI=1S/C13H24N4/c1-16-10-4-3-5-13(16)11-14-8-6-12-7-9-15-17(12)2/h7,9,13-14H,3-6,8,10-11H2,1-2H3. The van der Waals surface area contributed by atoms with Gasteiger partial charge in [-0.1, -0.05) is 6.42 Å². The third-order valence-electron chi connectivity index (χ3n) is 3.78. The van der Waals surface area contributed by atoms with Crippen molar-refractivity contribution in [2.75, 3.05) is 26.7 Å². The van der Waals surface area contributed by atoms with Crippen LogP contribution in [0.5, 0.6) is 0 Å². The minimum absolute atomic E-state index is 0.732. The summed E-state index contributed by atoms with van der Waals surface area (Å²) in [7, 11) is 4.25. The molecule has 1 fully saturated rings. The Morgan fingerprint density at radius 2 is 2.29 bits per heavy atom. The molecule has 2 heterocycles. The molecule has 0 aromatic carbocycles. The number of rotatable bonds is 5. The van der Waals surface area contributed by atoms with E-state index in [4.69, 9.17) is 0 Å². The van der Waals surface area contributed by atoms with Crippen LogP contribution in [0.2, 0.25) is 0 Å². The third-order valence-corrected chi connectivity index (χ3v) is 3.78. The number of nitrogens with zero attached hydrogens (tertiary/aromatic N) is 3. The maximum Gasteiger partial charge on any atom is 0.0492 e. The molecular weight excluding hydrogens is 212 g/mol. The molecule has 1 aliphatic heterocycles. The zero-order chi connectivity index (χ0) is 12.1. The van der Waals surface area contributed by atoms with Crippen LogP contribution in [0.1, 0.15) is 25.0 Å². The van der Waals surface area contributed by atoms with Gasteiger partial charge in [-0.05, 0) is 32.5 Å².